The second-order valence-electron chi connectivity index (χ2n) is 5.72. The van der Waals surface area contributed by atoms with Crippen molar-refractivity contribution in [1.82, 2.24) is 0 Å². The number of aryl methyl sites for hydroxylation is 1. The zero-order chi connectivity index (χ0) is 16.8. The Morgan fingerprint density at radius 1 is 1.00 bits per heavy atom. The topological polar surface area (TPSA) is 65.3 Å². The van der Waals surface area contributed by atoms with Crippen LogP contribution < -0.4 is 9.91 Å². The Labute approximate surface area is 137 Å². The van der Waals surface area contributed by atoms with E-state index in [9.17, 15) is 14.0 Å². The van der Waals surface area contributed by atoms with Gasteiger partial charge in [0.1, 0.15) is 5.82 Å². The van der Waals surface area contributed by atoms with Crippen LogP contribution in [0.25, 0.3) is 0 Å². The maximum atomic E-state index is 13.8. The smallest absolute Gasteiger partial charge is 0.263 e. The third-order valence-electron chi connectivity index (χ3n) is 4.22. The summed E-state index contributed by atoms with van der Waals surface area (Å²) in [5.74, 6) is -1.41. The first kappa shape index (κ1) is 14.5. The number of amides is 2. The van der Waals surface area contributed by atoms with E-state index in [1.54, 1.807) is 25.1 Å². The number of carbonyl (C=O) groups is 2. The van der Waals surface area contributed by atoms with E-state index in [0.717, 1.165) is 4.90 Å². The summed E-state index contributed by atoms with van der Waals surface area (Å²) in [6.45, 7) is 1.62. The van der Waals surface area contributed by atoms with E-state index in [4.69, 9.17) is 0 Å². The first-order valence-electron chi connectivity index (χ1n) is 7.47. The van der Waals surface area contributed by atoms with Crippen LogP contribution in [0.2, 0.25) is 0 Å². The molecule has 24 heavy (non-hydrogen) atoms. The first-order valence-corrected chi connectivity index (χ1v) is 7.47. The van der Waals surface area contributed by atoms with Crippen LogP contribution in [0.3, 0.4) is 0 Å². The molecule has 2 heterocycles. The molecule has 4 rings (SSSR count). The third kappa shape index (κ3) is 2.01. The zero-order valence-corrected chi connectivity index (χ0v) is 12.8. The standard InChI is InChI=1S/C17H13FN4O2/c1-10-7-8-12(9-13(10)18)21-16(23)14-15(17(21)24)22(20-19-14)11-5-3-2-4-6-11/h2-9,14-15H,1H3/t14-,15-/m1/s1. The molecular formula is C17H13FN4O2. The van der Waals surface area contributed by atoms with E-state index >= 15 is 0 Å². The molecular weight excluding hydrogens is 311 g/mol. The van der Waals surface area contributed by atoms with Crippen molar-refractivity contribution in [2.75, 3.05) is 9.91 Å². The number of anilines is 2. The fourth-order valence-corrected chi connectivity index (χ4v) is 2.93. The Morgan fingerprint density at radius 2 is 1.75 bits per heavy atom. The van der Waals surface area contributed by atoms with Gasteiger partial charge in [-0.1, -0.05) is 29.5 Å². The maximum Gasteiger partial charge on any atom is 0.263 e. The Kier molecular flexibility index (Phi) is 3.16. The number of hydrogen-bond donors (Lipinski definition) is 0. The van der Waals surface area contributed by atoms with Crippen molar-refractivity contribution in [3.63, 3.8) is 0 Å². The van der Waals surface area contributed by atoms with Crippen molar-refractivity contribution in [3.8, 4) is 0 Å². The second kappa shape index (κ2) is 5.23. The Bertz CT molecular complexity index is 868. The van der Waals surface area contributed by atoms with E-state index < -0.39 is 29.7 Å². The van der Waals surface area contributed by atoms with Gasteiger partial charge in [0.15, 0.2) is 12.1 Å². The van der Waals surface area contributed by atoms with E-state index in [1.165, 1.54) is 17.1 Å². The van der Waals surface area contributed by atoms with Gasteiger partial charge < -0.3 is 0 Å². The van der Waals surface area contributed by atoms with Gasteiger partial charge in [-0.05, 0) is 36.8 Å². The molecule has 0 spiro atoms. The molecule has 2 atom stereocenters. The van der Waals surface area contributed by atoms with Gasteiger partial charge in [-0.3, -0.25) is 9.59 Å². The Morgan fingerprint density at radius 3 is 2.46 bits per heavy atom. The SMILES string of the molecule is Cc1ccc(N2C(=O)[C@@H]3N=NN(c4ccccc4)[C@H]3C2=O)cc1F. The quantitative estimate of drug-likeness (QED) is 0.798. The molecule has 2 aliphatic rings. The van der Waals surface area contributed by atoms with Gasteiger partial charge in [0.05, 0.1) is 11.4 Å². The number of nitrogens with zero attached hydrogens (tertiary/aromatic N) is 4. The fourth-order valence-electron chi connectivity index (χ4n) is 2.93. The maximum absolute atomic E-state index is 13.8. The summed E-state index contributed by atoms with van der Waals surface area (Å²) >= 11 is 0. The lowest BCUT2D eigenvalue weighted by atomic mass is 10.1. The molecule has 6 nitrogen and oxygen atoms in total. The van der Waals surface area contributed by atoms with E-state index in [1.807, 2.05) is 18.2 Å². The number of rotatable bonds is 2. The average Bonchev–Trinajstić information content (AvgIpc) is 3.12. The molecule has 0 aromatic heterocycles. The van der Waals surface area contributed by atoms with Crippen LogP contribution in [0.4, 0.5) is 15.8 Å². The number of imide groups is 1. The van der Waals surface area contributed by atoms with E-state index in [-0.39, 0.29) is 5.69 Å². The van der Waals surface area contributed by atoms with Crippen molar-refractivity contribution in [2.45, 2.75) is 19.0 Å². The van der Waals surface area contributed by atoms with Gasteiger partial charge in [0.25, 0.3) is 11.8 Å². The molecule has 2 amide bonds. The summed E-state index contributed by atoms with van der Waals surface area (Å²) in [6, 6.07) is 11.6. The van der Waals surface area contributed by atoms with Crippen molar-refractivity contribution >= 4 is 23.2 Å². The highest BCUT2D eigenvalue weighted by atomic mass is 19.1. The van der Waals surface area contributed by atoms with E-state index in [2.05, 4.69) is 10.3 Å². The summed E-state index contributed by atoms with van der Waals surface area (Å²) in [7, 11) is 0. The van der Waals surface area contributed by atoms with Crippen molar-refractivity contribution in [2.24, 2.45) is 10.3 Å². The molecule has 0 radical (unpaired) electrons. The van der Waals surface area contributed by atoms with Crippen LogP contribution in [0.5, 0.6) is 0 Å². The number of hydrogen-bond acceptors (Lipinski definition) is 5. The minimum Gasteiger partial charge on any atom is -0.271 e. The summed E-state index contributed by atoms with van der Waals surface area (Å²) < 4.78 is 13.8. The third-order valence-corrected chi connectivity index (χ3v) is 4.22. The van der Waals surface area contributed by atoms with Gasteiger partial charge in [-0.25, -0.2) is 14.3 Å². The van der Waals surface area contributed by atoms with Crippen molar-refractivity contribution in [1.29, 1.82) is 0 Å². The molecule has 120 valence electrons. The number of fused-ring (bicyclic) bond motifs is 1. The molecule has 2 aromatic carbocycles. The van der Waals surface area contributed by atoms with Crippen LogP contribution >= 0.6 is 0 Å². The van der Waals surface area contributed by atoms with Crippen LogP contribution in [0, 0.1) is 12.7 Å². The van der Waals surface area contributed by atoms with Gasteiger partial charge in [-0.15, -0.1) is 0 Å². The summed E-state index contributed by atoms with van der Waals surface area (Å²) in [6.07, 6.45) is 0. The van der Waals surface area contributed by atoms with Crippen LogP contribution in [0.15, 0.2) is 58.9 Å². The second-order valence-corrected chi connectivity index (χ2v) is 5.72. The summed E-state index contributed by atoms with van der Waals surface area (Å²) in [5.41, 5.74) is 1.33. The number of carbonyl (C=O) groups excluding carboxylic acids is 2. The molecule has 1 saturated heterocycles. The zero-order valence-electron chi connectivity index (χ0n) is 12.8. The van der Waals surface area contributed by atoms with Crippen molar-refractivity contribution < 1.29 is 14.0 Å². The van der Waals surface area contributed by atoms with E-state index in [0.29, 0.717) is 11.3 Å². The monoisotopic (exact) mass is 324 g/mol. The minimum absolute atomic E-state index is 0.214. The lowest BCUT2D eigenvalue weighted by molar-refractivity contribution is -0.121. The van der Waals surface area contributed by atoms with Crippen LogP contribution in [-0.2, 0) is 9.59 Å². The highest BCUT2D eigenvalue weighted by Crippen LogP contribution is 2.35. The Balaban J connectivity index is 1.72. The summed E-state index contributed by atoms with van der Waals surface area (Å²) in [5, 5.41) is 9.35. The highest BCUT2D eigenvalue weighted by Gasteiger charge is 2.55. The van der Waals surface area contributed by atoms with Crippen LogP contribution in [-0.4, -0.2) is 23.9 Å². The molecule has 2 aromatic rings. The van der Waals surface area contributed by atoms with Gasteiger partial charge in [0.2, 0.25) is 0 Å². The Hall–Kier alpha value is -3.09. The molecule has 0 aliphatic carbocycles. The molecule has 2 aliphatic heterocycles. The lowest BCUT2D eigenvalue weighted by Gasteiger charge is -2.20. The first-order chi connectivity index (χ1) is 11.6. The molecule has 1 fully saturated rings. The molecule has 0 bridgehead atoms. The lowest BCUT2D eigenvalue weighted by Crippen LogP contribution is -2.39. The van der Waals surface area contributed by atoms with Gasteiger partial charge in [-0.2, -0.15) is 5.11 Å². The molecule has 0 saturated carbocycles. The van der Waals surface area contributed by atoms with Gasteiger partial charge in [0, 0.05) is 0 Å². The number of benzene rings is 2. The van der Waals surface area contributed by atoms with Crippen molar-refractivity contribution in [3.05, 3.63) is 59.9 Å². The molecule has 0 N–H and O–H groups in total. The fraction of sp³-hybridized carbons (Fsp3) is 0.176. The predicted molar refractivity (Wildman–Crippen MR) is 85.0 cm³/mol. The number of para-hydroxylation sites is 1. The van der Waals surface area contributed by atoms with Gasteiger partial charge >= 0.3 is 0 Å². The molecule has 0 unspecified atom stereocenters. The number of halogens is 1. The average molecular weight is 324 g/mol. The largest absolute Gasteiger partial charge is 0.271 e. The molecule has 7 heteroatoms. The van der Waals surface area contributed by atoms with Crippen LogP contribution in [0.1, 0.15) is 5.56 Å². The predicted octanol–water partition coefficient (Wildman–Crippen LogP) is 2.63. The normalized spacial score (nSPS) is 22.4. The summed E-state index contributed by atoms with van der Waals surface area (Å²) in [4.78, 5) is 26.4. The minimum atomic E-state index is -0.901. The highest BCUT2D eigenvalue weighted by molar-refractivity contribution is 6.26.